The van der Waals surface area contributed by atoms with Crippen LogP contribution in [0, 0.1) is 5.92 Å². The molecule has 1 spiro atoms. The minimum atomic E-state index is 0.224. The summed E-state index contributed by atoms with van der Waals surface area (Å²) in [5.41, 5.74) is 3.93. The van der Waals surface area contributed by atoms with E-state index in [0.29, 0.717) is 17.7 Å². The van der Waals surface area contributed by atoms with Gasteiger partial charge in [0.1, 0.15) is 11.6 Å². The van der Waals surface area contributed by atoms with Crippen molar-refractivity contribution in [3.05, 3.63) is 51.6 Å². The van der Waals surface area contributed by atoms with Crippen molar-refractivity contribution in [2.75, 3.05) is 31.5 Å². The molecule has 1 fully saturated rings. The highest BCUT2D eigenvalue weighted by atomic mass is 79.9. The minimum absolute atomic E-state index is 0.224. The Morgan fingerprint density at radius 2 is 2.21 bits per heavy atom. The van der Waals surface area contributed by atoms with Gasteiger partial charge in [-0.25, -0.2) is 4.98 Å². The number of aromatic hydroxyl groups is 1. The number of halogens is 1. The van der Waals surface area contributed by atoms with Crippen LogP contribution in [0.5, 0.6) is 5.75 Å². The minimum Gasteiger partial charge on any atom is -0.508 e. The second-order valence-electron chi connectivity index (χ2n) is 8.63. The molecule has 148 valence electrons. The number of phenols is 1. The molecule has 3 N–H and O–H groups in total. The quantitative estimate of drug-likeness (QED) is 0.665. The highest BCUT2D eigenvalue weighted by molar-refractivity contribution is 9.10. The summed E-state index contributed by atoms with van der Waals surface area (Å²) < 4.78 is 1.11. The molecule has 5 nitrogen and oxygen atoms in total. The summed E-state index contributed by atoms with van der Waals surface area (Å²) in [6.07, 6.45) is 4.01. The number of benzene rings is 1. The van der Waals surface area contributed by atoms with Gasteiger partial charge >= 0.3 is 0 Å². The van der Waals surface area contributed by atoms with Crippen LogP contribution in [0.25, 0.3) is 0 Å². The van der Waals surface area contributed by atoms with Gasteiger partial charge in [0.05, 0.1) is 0 Å². The SMILES string of the molecule is C[C@H]1CN(CC2Cc3c(Br)ccc(O)c3CN2)CC[C@@]12CNc1ncccc12. The molecule has 3 aliphatic rings. The second-order valence-corrected chi connectivity index (χ2v) is 9.48. The van der Waals surface area contributed by atoms with Crippen molar-refractivity contribution >= 4 is 21.7 Å². The van der Waals surface area contributed by atoms with E-state index in [4.69, 9.17) is 0 Å². The normalized spacial score (nSPS) is 29.4. The number of fused-ring (bicyclic) bond motifs is 3. The molecule has 0 amide bonds. The third-order valence-electron chi connectivity index (χ3n) is 7.11. The fourth-order valence-electron chi connectivity index (χ4n) is 5.45. The summed E-state index contributed by atoms with van der Waals surface area (Å²) in [4.78, 5) is 7.15. The number of aromatic nitrogens is 1. The first-order valence-electron chi connectivity index (χ1n) is 10.2. The van der Waals surface area contributed by atoms with Crippen molar-refractivity contribution < 1.29 is 5.11 Å². The van der Waals surface area contributed by atoms with Gasteiger partial charge in [-0.2, -0.15) is 0 Å². The fourth-order valence-corrected chi connectivity index (χ4v) is 5.98. The lowest BCUT2D eigenvalue weighted by molar-refractivity contribution is 0.101. The third kappa shape index (κ3) is 2.93. The molecule has 6 heteroatoms. The van der Waals surface area contributed by atoms with Crippen LogP contribution in [0.2, 0.25) is 0 Å². The Morgan fingerprint density at radius 1 is 1.32 bits per heavy atom. The third-order valence-corrected chi connectivity index (χ3v) is 7.85. The number of nitrogens with zero attached hydrogens (tertiary/aromatic N) is 2. The van der Waals surface area contributed by atoms with E-state index in [2.05, 4.69) is 55.5 Å². The zero-order valence-corrected chi connectivity index (χ0v) is 17.8. The van der Waals surface area contributed by atoms with Gasteiger partial charge in [0.25, 0.3) is 0 Å². The average Bonchev–Trinajstić information content (AvgIpc) is 3.08. The first-order chi connectivity index (χ1) is 13.6. The highest BCUT2D eigenvalue weighted by Crippen LogP contribution is 2.46. The Morgan fingerprint density at radius 3 is 3.07 bits per heavy atom. The Bertz CT molecular complexity index is 904. The number of likely N-dealkylation sites (tertiary alicyclic amines) is 1. The van der Waals surface area contributed by atoms with E-state index in [1.807, 2.05) is 12.3 Å². The van der Waals surface area contributed by atoms with Crippen LogP contribution >= 0.6 is 15.9 Å². The van der Waals surface area contributed by atoms with E-state index in [1.54, 1.807) is 6.07 Å². The van der Waals surface area contributed by atoms with Gasteiger partial charge < -0.3 is 20.6 Å². The zero-order valence-electron chi connectivity index (χ0n) is 16.2. The van der Waals surface area contributed by atoms with Crippen LogP contribution in [0.4, 0.5) is 5.82 Å². The molecule has 3 aliphatic heterocycles. The van der Waals surface area contributed by atoms with Gasteiger partial charge in [-0.15, -0.1) is 0 Å². The molecule has 1 unspecified atom stereocenters. The van der Waals surface area contributed by atoms with Crippen LogP contribution in [-0.2, 0) is 18.4 Å². The summed E-state index contributed by atoms with van der Waals surface area (Å²) in [5.74, 6) is 2.07. The molecule has 1 aromatic carbocycles. The van der Waals surface area contributed by atoms with Crippen molar-refractivity contribution in [3.8, 4) is 5.75 Å². The van der Waals surface area contributed by atoms with Crippen LogP contribution in [-0.4, -0.2) is 47.2 Å². The molecular formula is C22H27BrN4O. The first kappa shape index (κ1) is 18.4. The number of anilines is 1. The average molecular weight is 443 g/mol. The maximum atomic E-state index is 10.1. The zero-order chi connectivity index (χ0) is 19.3. The topological polar surface area (TPSA) is 60.4 Å². The summed E-state index contributed by atoms with van der Waals surface area (Å²) >= 11 is 3.67. The molecule has 3 atom stereocenters. The van der Waals surface area contributed by atoms with E-state index in [-0.39, 0.29) is 5.41 Å². The molecule has 0 aliphatic carbocycles. The van der Waals surface area contributed by atoms with Crippen molar-refractivity contribution in [1.82, 2.24) is 15.2 Å². The summed E-state index contributed by atoms with van der Waals surface area (Å²) in [6, 6.07) is 8.49. The van der Waals surface area contributed by atoms with Gasteiger partial charge in [-0.05, 0) is 49.1 Å². The van der Waals surface area contributed by atoms with Gasteiger partial charge in [0.15, 0.2) is 0 Å². The Balaban J connectivity index is 1.28. The molecule has 5 rings (SSSR count). The largest absolute Gasteiger partial charge is 0.508 e. The molecule has 2 aromatic rings. The summed E-state index contributed by atoms with van der Waals surface area (Å²) in [7, 11) is 0. The number of piperidine rings is 1. The Kier molecular flexibility index (Phi) is 4.61. The van der Waals surface area contributed by atoms with Crippen molar-refractivity contribution in [3.63, 3.8) is 0 Å². The number of pyridine rings is 1. The van der Waals surface area contributed by atoms with Crippen molar-refractivity contribution in [2.45, 2.75) is 37.8 Å². The van der Waals surface area contributed by atoms with Gasteiger partial charge in [-0.3, -0.25) is 0 Å². The maximum Gasteiger partial charge on any atom is 0.129 e. The van der Waals surface area contributed by atoms with Gasteiger partial charge in [0.2, 0.25) is 0 Å². The second kappa shape index (κ2) is 7.01. The number of hydrogen-bond acceptors (Lipinski definition) is 5. The van der Waals surface area contributed by atoms with Crippen LogP contribution < -0.4 is 10.6 Å². The number of rotatable bonds is 2. The monoisotopic (exact) mass is 442 g/mol. The lowest BCUT2D eigenvalue weighted by Crippen LogP contribution is -2.53. The standard InChI is InChI=1S/C22H27BrN4O/c1-14-11-27(8-6-22(14)13-26-21-18(22)3-2-7-24-21)12-15-9-16-17(10-25-15)20(28)5-4-19(16)23/h2-5,7,14-15,25,28H,6,8-13H2,1H3,(H,24,26)/t14-,15?,22+/m0/s1. The number of phenolic OH excluding ortho intramolecular Hbond substituents is 1. The smallest absolute Gasteiger partial charge is 0.129 e. The molecular weight excluding hydrogens is 416 g/mol. The van der Waals surface area contributed by atoms with E-state index in [0.717, 1.165) is 55.0 Å². The van der Waals surface area contributed by atoms with Crippen molar-refractivity contribution in [1.29, 1.82) is 0 Å². The van der Waals surface area contributed by atoms with Gasteiger partial charge in [-0.1, -0.05) is 28.9 Å². The first-order valence-corrected chi connectivity index (χ1v) is 11.0. The Hall–Kier alpha value is -1.63. The highest BCUT2D eigenvalue weighted by Gasteiger charge is 2.46. The van der Waals surface area contributed by atoms with E-state index < -0.39 is 0 Å². The Labute approximate surface area is 174 Å². The molecule has 28 heavy (non-hydrogen) atoms. The van der Waals surface area contributed by atoms with Crippen LogP contribution in [0.1, 0.15) is 30.0 Å². The molecule has 0 radical (unpaired) electrons. The van der Waals surface area contributed by atoms with E-state index in [1.165, 1.54) is 17.5 Å². The summed E-state index contributed by atoms with van der Waals surface area (Å²) in [6.45, 7) is 7.43. The van der Waals surface area contributed by atoms with Crippen LogP contribution in [0.15, 0.2) is 34.9 Å². The molecule has 0 bridgehead atoms. The molecule has 4 heterocycles. The predicted molar refractivity (Wildman–Crippen MR) is 115 cm³/mol. The number of hydrogen-bond donors (Lipinski definition) is 3. The predicted octanol–water partition coefficient (Wildman–Crippen LogP) is 3.27. The summed E-state index contributed by atoms with van der Waals surface area (Å²) in [5, 5.41) is 17.3. The van der Waals surface area contributed by atoms with E-state index in [9.17, 15) is 5.11 Å². The maximum absolute atomic E-state index is 10.1. The van der Waals surface area contributed by atoms with Gasteiger partial charge in [0, 0.05) is 59.4 Å². The molecule has 0 saturated carbocycles. The molecule has 1 saturated heterocycles. The fraction of sp³-hybridized carbons (Fsp3) is 0.500. The number of nitrogens with one attached hydrogen (secondary N) is 2. The lowest BCUT2D eigenvalue weighted by Gasteiger charge is -2.45. The molecule has 1 aromatic heterocycles. The van der Waals surface area contributed by atoms with E-state index >= 15 is 0 Å². The van der Waals surface area contributed by atoms with Crippen LogP contribution in [0.3, 0.4) is 0 Å². The van der Waals surface area contributed by atoms with Crippen molar-refractivity contribution in [2.24, 2.45) is 5.92 Å². The lowest BCUT2D eigenvalue weighted by atomic mass is 9.68.